The third-order valence-corrected chi connectivity index (χ3v) is 3.62. The SMILES string of the molecule is CCN(CC)C(=O)c1ccc(Nc2cccc(C(=O)OC)c2)nc1. The predicted molar refractivity (Wildman–Crippen MR) is 92.6 cm³/mol. The summed E-state index contributed by atoms with van der Waals surface area (Å²) in [7, 11) is 1.34. The Labute approximate surface area is 141 Å². The van der Waals surface area contributed by atoms with E-state index in [4.69, 9.17) is 4.74 Å². The van der Waals surface area contributed by atoms with Crippen LogP contribution in [0.2, 0.25) is 0 Å². The normalized spacial score (nSPS) is 10.1. The van der Waals surface area contributed by atoms with E-state index in [2.05, 4.69) is 10.3 Å². The number of aromatic nitrogens is 1. The molecule has 1 N–H and O–H groups in total. The minimum absolute atomic E-state index is 0.0354. The third kappa shape index (κ3) is 4.10. The second-order valence-corrected chi connectivity index (χ2v) is 5.11. The van der Waals surface area contributed by atoms with Crippen LogP contribution >= 0.6 is 0 Å². The maximum Gasteiger partial charge on any atom is 0.337 e. The van der Waals surface area contributed by atoms with Gasteiger partial charge in [0.15, 0.2) is 0 Å². The van der Waals surface area contributed by atoms with E-state index in [0.29, 0.717) is 35.7 Å². The van der Waals surface area contributed by atoms with E-state index in [0.717, 1.165) is 0 Å². The van der Waals surface area contributed by atoms with Crippen LogP contribution in [0.25, 0.3) is 0 Å². The van der Waals surface area contributed by atoms with Gasteiger partial charge < -0.3 is 15.0 Å². The molecule has 2 aromatic rings. The topological polar surface area (TPSA) is 71.5 Å². The molecule has 0 bridgehead atoms. The van der Waals surface area contributed by atoms with Gasteiger partial charge in [0.1, 0.15) is 5.82 Å². The number of anilines is 2. The van der Waals surface area contributed by atoms with Crippen molar-refractivity contribution in [2.75, 3.05) is 25.5 Å². The molecule has 1 amide bonds. The molecule has 0 atom stereocenters. The number of nitrogens with one attached hydrogen (secondary N) is 1. The zero-order chi connectivity index (χ0) is 17.5. The largest absolute Gasteiger partial charge is 0.465 e. The molecule has 0 unspecified atom stereocenters. The van der Waals surface area contributed by atoms with E-state index in [1.54, 1.807) is 41.4 Å². The zero-order valence-electron chi connectivity index (χ0n) is 14.1. The Bertz CT molecular complexity index is 710. The van der Waals surface area contributed by atoms with Crippen molar-refractivity contribution in [3.05, 3.63) is 53.7 Å². The Morgan fingerprint density at radius 2 is 1.88 bits per heavy atom. The molecule has 0 aliphatic carbocycles. The Hall–Kier alpha value is -2.89. The summed E-state index contributed by atoms with van der Waals surface area (Å²) in [6.45, 7) is 5.21. The summed E-state index contributed by atoms with van der Waals surface area (Å²) in [5.41, 5.74) is 1.72. The van der Waals surface area contributed by atoms with E-state index < -0.39 is 5.97 Å². The molecular weight excluding hydrogens is 306 g/mol. The van der Waals surface area contributed by atoms with Gasteiger partial charge in [-0.25, -0.2) is 9.78 Å². The van der Waals surface area contributed by atoms with Crippen LogP contribution in [0.4, 0.5) is 11.5 Å². The lowest BCUT2D eigenvalue weighted by Crippen LogP contribution is -2.30. The lowest BCUT2D eigenvalue weighted by atomic mass is 10.2. The number of pyridine rings is 1. The molecule has 0 fully saturated rings. The van der Waals surface area contributed by atoms with E-state index in [-0.39, 0.29) is 5.91 Å². The number of methoxy groups -OCH3 is 1. The van der Waals surface area contributed by atoms with Gasteiger partial charge in [0, 0.05) is 25.0 Å². The second-order valence-electron chi connectivity index (χ2n) is 5.11. The highest BCUT2D eigenvalue weighted by Crippen LogP contribution is 2.17. The number of carbonyl (C=O) groups excluding carboxylic acids is 2. The fourth-order valence-electron chi connectivity index (χ4n) is 2.28. The first kappa shape index (κ1) is 17.5. The molecule has 1 aromatic heterocycles. The standard InChI is InChI=1S/C18H21N3O3/c1-4-21(5-2)17(22)14-9-10-16(19-12-14)20-15-8-6-7-13(11-15)18(23)24-3/h6-12H,4-5H2,1-3H3,(H,19,20). The first-order valence-corrected chi connectivity index (χ1v) is 7.79. The van der Waals surface area contributed by atoms with Gasteiger partial charge >= 0.3 is 5.97 Å². The molecule has 126 valence electrons. The lowest BCUT2D eigenvalue weighted by molar-refractivity contribution is 0.0600. The van der Waals surface area contributed by atoms with Gasteiger partial charge in [0.25, 0.3) is 5.91 Å². The summed E-state index contributed by atoms with van der Waals surface area (Å²) >= 11 is 0. The van der Waals surface area contributed by atoms with Crippen molar-refractivity contribution in [3.63, 3.8) is 0 Å². The van der Waals surface area contributed by atoms with Crippen molar-refractivity contribution < 1.29 is 14.3 Å². The molecule has 6 heteroatoms. The van der Waals surface area contributed by atoms with Gasteiger partial charge in [0.2, 0.25) is 0 Å². The average Bonchev–Trinajstić information content (AvgIpc) is 2.62. The van der Waals surface area contributed by atoms with Crippen LogP contribution in [0.15, 0.2) is 42.6 Å². The van der Waals surface area contributed by atoms with Gasteiger partial charge in [-0.3, -0.25) is 4.79 Å². The van der Waals surface area contributed by atoms with Gasteiger partial charge in [-0.15, -0.1) is 0 Å². The molecular formula is C18H21N3O3. The summed E-state index contributed by atoms with van der Waals surface area (Å²) in [6, 6.07) is 10.4. The molecule has 0 radical (unpaired) electrons. The van der Waals surface area contributed by atoms with Gasteiger partial charge in [0.05, 0.1) is 18.2 Å². The smallest absolute Gasteiger partial charge is 0.337 e. The first-order valence-electron chi connectivity index (χ1n) is 7.79. The van der Waals surface area contributed by atoms with Crippen molar-refractivity contribution in [1.82, 2.24) is 9.88 Å². The fourth-order valence-corrected chi connectivity index (χ4v) is 2.28. The summed E-state index contributed by atoms with van der Waals surface area (Å²) in [4.78, 5) is 29.8. The summed E-state index contributed by atoms with van der Waals surface area (Å²) < 4.78 is 4.70. The number of amides is 1. The molecule has 0 saturated carbocycles. The van der Waals surface area contributed by atoms with Crippen LogP contribution in [-0.4, -0.2) is 42.0 Å². The van der Waals surface area contributed by atoms with Crippen molar-refractivity contribution in [1.29, 1.82) is 0 Å². The van der Waals surface area contributed by atoms with Crippen molar-refractivity contribution in [3.8, 4) is 0 Å². The monoisotopic (exact) mass is 327 g/mol. The predicted octanol–water partition coefficient (Wildman–Crippen LogP) is 3.09. The van der Waals surface area contributed by atoms with E-state index in [1.165, 1.54) is 7.11 Å². The molecule has 6 nitrogen and oxygen atoms in total. The number of carbonyl (C=O) groups is 2. The van der Waals surface area contributed by atoms with Gasteiger partial charge in [-0.1, -0.05) is 6.07 Å². The molecule has 2 rings (SSSR count). The highest BCUT2D eigenvalue weighted by Gasteiger charge is 2.12. The summed E-state index contributed by atoms with van der Waals surface area (Å²) in [6.07, 6.45) is 1.55. The van der Waals surface area contributed by atoms with Crippen LogP contribution in [0, 0.1) is 0 Å². The molecule has 0 aliphatic rings. The maximum absolute atomic E-state index is 12.2. The van der Waals surface area contributed by atoms with Gasteiger partial charge in [-0.05, 0) is 44.2 Å². The number of rotatable bonds is 6. The van der Waals surface area contributed by atoms with Crippen LogP contribution in [0.3, 0.4) is 0 Å². The Morgan fingerprint density at radius 3 is 2.46 bits per heavy atom. The lowest BCUT2D eigenvalue weighted by Gasteiger charge is -2.18. The van der Waals surface area contributed by atoms with E-state index in [9.17, 15) is 9.59 Å². The Morgan fingerprint density at radius 1 is 1.12 bits per heavy atom. The molecule has 0 saturated heterocycles. The number of hydrogen-bond acceptors (Lipinski definition) is 5. The van der Waals surface area contributed by atoms with Crippen LogP contribution in [0.1, 0.15) is 34.6 Å². The minimum atomic E-state index is -0.397. The first-order chi connectivity index (χ1) is 11.6. The number of nitrogens with zero attached hydrogens (tertiary/aromatic N) is 2. The molecule has 0 aliphatic heterocycles. The van der Waals surface area contributed by atoms with Gasteiger partial charge in [-0.2, -0.15) is 0 Å². The Kier molecular flexibility index (Phi) is 5.89. The number of ether oxygens (including phenoxy) is 1. The number of hydrogen-bond donors (Lipinski definition) is 1. The van der Waals surface area contributed by atoms with Crippen molar-refractivity contribution >= 4 is 23.4 Å². The van der Waals surface area contributed by atoms with E-state index >= 15 is 0 Å². The molecule has 0 spiro atoms. The van der Waals surface area contributed by atoms with Crippen LogP contribution in [0.5, 0.6) is 0 Å². The molecule has 24 heavy (non-hydrogen) atoms. The van der Waals surface area contributed by atoms with Crippen LogP contribution < -0.4 is 5.32 Å². The Balaban J connectivity index is 2.12. The fraction of sp³-hybridized carbons (Fsp3) is 0.278. The van der Waals surface area contributed by atoms with Crippen molar-refractivity contribution in [2.24, 2.45) is 0 Å². The second kappa shape index (κ2) is 8.10. The quantitative estimate of drug-likeness (QED) is 0.826. The third-order valence-electron chi connectivity index (χ3n) is 3.62. The van der Waals surface area contributed by atoms with Crippen LogP contribution in [-0.2, 0) is 4.74 Å². The molecule has 1 aromatic carbocycles. The average molecular weight is 327 g/mol. The highest BCUT2D eigenvalue weighted by molar-refractivity contribution is 5.94. The zero-order valence-corrected chi connectivity index (χ0v) is 14.1. The minimum Gasteiger partial charge on any atom is -0.465 e. The summed E-state index contributed by atoms with van der Waals surface area (Å²) in [5.74, 6) is 0.159. The summed E-state index contributed by atoms with van der Waals surface area (Å²) in [5, 5.41) is 3.10. The van der Waals surface area contributed by atoms with Crippen molar-refractivity contribution in [2.45, 2.75) is 13.8 Å². The maximum atomic E-state index is 12.2. The number of esters is 1. The highest BCUT2D eigenvalue weighted by atomic mass is 16.5. The van der Waals surface area contributed by atoms with E-state index in [1.807, 2.05) is 19.9 Å². The molecule has 1 heterocycles. The number of benzene rings is 1.